The minimum Gasteiger partial charge on any atom is -0.366 e. The van der Waals surface area contributed by atoms with Gasteiger partial charge in [-0.25, -0.2) is 0 Å². The van der Waals surface area contributed by atoms with Gasteiger partial charge < -0.3 is 5.73 Å². The summed E-state index contributed by atoms with van der Waals surface area (Å²) in [7, 11) is 0. The molecular formula is C18H21NO. The van der Waals surface area contributed by atoms with E-state index in [4.69, 9.17) is 5.73 Å². The van der Waals surface area contributed by atoms with Crippen LogP contribution in [0.5, 0.6) is 0 Å². The molecule has 0 spiro atoms. The Hall–Kier alpha value is -2.09. The summed E-state index contributed by atoms with van der Waals surface area (Å²) in [6, 6.07) is 15.9. The Bertz CT molecular complexity index is 589. The third kappa shape index (κ3) is 3.47. The summed E-state index contributed by atoms with van der Waals surface area (Å²) in [4.78, 5) is 11.3. The van der Waals surface area contributed by atoms with E-state index < -0.39 is 0 Å². The van der Waals surface area contributed by atoms with Gasteiger partial charge in [-0.15, -0.1) is 0 Å². The van der Waals surface area contributed by atoms with Crippen LogP contribution in [0.2, 0.25) is 0 Å². The average Bonchev–Trinajstić information content (AvgIpc) is 2.48. The monoisotopic (exact) mass is 267 g/mol. The zero-order valence-electron chi connectivity index (χ0n) is 11.9. The lowest BCUT2D eigenvalue weighted by molar-refractivity contribution is 0.100. The van der Waals surface area contributed by atoms with Gasteiger partial charge in [0.2, 0.25) is 5.91 Å². The number of unbranched alkanes of at least 4 members (excludes halogenated alkanes) is 2. The fourth-order valence-corrected chi connectivity index (χ4v) is 2.43. The molecule has 0 saturated carbocycles. The first-order valence-corrected chi connectivity index (χ1v) is 7.20. The number of benzene rings is 2. The largest absolute Gasteiger partial charge is 0.366 e. The van der Waals surface area contributed by atoms with Gasteiger partial charge in [-0.2, -0.15) is 0 Å². The van der Waals surface area contributed by atoms with E-state index in [9.17, 15) is 4.79 Å². The molecule has 0 heterocycles. The maximum Gasteiger partial charge on any atom is 0.248 e. The van der Waals surface area contributed by atoms with Crippen molar-refractivity contribution in [2.75, 3.05) is 0 Å². The van der Waals surface area contributed by atoms with Crippen LogP contribution >= 0.6 is 0 Å². The van der Waals surface area contributed by atoms with Gasteiger partial charge in [0.05, 0.1) is 0 Å². The number of rotatable bonds is 6. The Labute approximate surface area is 120 Å². The number of hydrogen-bond donors (Lipinski definition) is 1. The summed E-state index contributed by atoms with van der Waals surface area (Å²) in [5.74, 6) is -0.379. The van der Waals surface area contributed by atoms with Crippen LogP contribution in [0.1, 0.15) is 42.1 Å². The molecule has 0 aliphatic carbocycles. The summed E-state index contributed by atoms with van der Waals surface area (Å²) in [6.07, 6.45) is 4.74. The maximum atomic E-state index is 11.3. The first kappa shape index (κ1) is 14.3. The van der Waals surface area contributed by atoms with E-state index in [0.29, 0.717) is 5.56 Å². The Morgan fingerprint density at radius 3 is 2.60 bits per heavy atom. The normalized spacial score (nSPS) is 10.4. The SMILES string of the molecule is CCCCCc1ccccc1-c1cccc(C(N)=O)c1. The number of carbonyl (C=O) groups excluding carboxylic acids is 1. The molecular weight excluding hydrogens is 246 g/mol. The molecule has 0 aliphatic heterocycles. The van der Waals surface area contributed by atoms with Crippen molar-refractivity contribution in [1.29, 1.82) is 0 Å². The van der Waals surface area contributed by atoms with Crippen LogP contribution in [0, 0.1) is 0 Å². The second-order valence-electron chi connectivity index (χ2n) is 5.06. The van der Waals surface area contributed by atoms with Crippen molar-refractivity contribution >= 4 is 5.91 Å². The molecule has 0 aliphatic rings. The van der Waals surface area contributed by atoms with Gasteiger partial charge in [0.25, 0.3) is 0 Å². The van der Waals surface area contributed by atoms with E-state index in [2.05, 4.69) is 25.1 Å². The highest BCUT2D eigenvalue weighted by Gasteiger charge is 2.07. The number of amides is 1. The van der Waals surface area contributed by atoms with Crippen LogP contribution in [0.25, 0.3) is 11.1 Å². The van der Waals surface area contributed by atoms with Gasteiger partial charge in [0.1, 0.15) is 0 Å². The fourth-order valence-electron chi connectivity index (χ4n) is 2.43. The second-order valence-corrected chi connectivity index (χ2v) is 5.06. The standard InChI is InChI=1S/C18H21NO/c1-2-3-4-8-14-9-5-6-12-17(14)15-10-7-11-16(13-15)18(19)20/h5-7,9-13H,2-4,8H2,1H3,(H2,19,20). The first-order chi connectivity index (χ1) is 9.72. The molecule has 2 nitrogen and oxygen atoms in total. The lowest BCUT2D eigenvalue weighted by Crippen LogP contribution is -2.10. The van der Waals surface area contributed by atoms with Crippen molar-refractivity contribution in [3.63, 3.8) is 0 Å². The van der Waals surface area contributed by atoms with Crippen LogP contribution < -0.4 is 5.73 Å². The lowest BCUT2D eigenvalue weighted by Gasteiger charge is -2.10. The van der Waals surface area contributed by atoms with E-state index in [0.717, 1.165) is 12.0 Å². The second kappa shape index (κ2) is 6.90. The number of primary amides is 1. The molecule has 2 aromatic carbocycles. The summed E-state index contributed by atoms with van der Waals surface area (Å²) in [5.41, 5.74) is 9.52. The highest BCUT2D eigenvalue weighted by molar-refractivity contribution is 5.94. The molecule has 0 radical (unpaired) electrons. The number of aryl methyl sites for hydroxylation is 1. The van der Waals surface area contributed by atoms with Crippen molar-refractivity contribution in [3.8, 4) is 11.1 Å². The summed E-state index contributed by atoms with van der Waals surface area (Å²) < 4.78 is 0. The maximum absolute atomic E-state index is 11.3. The van der Waals surface area contributed by atoms with Crippen LogP contribution in [-0.4, -0.2) is 5.91 Å². The van der Waals surface area contributed by atoms with E-state index in [1.165, 1.54) is 30.4 Å². The minimum atomic E-state index is -0.379. The van der Waals surface area contributed by atoms with Crippen LogP contribution in [0.4, 0.5) is 0 Å². The van der Waals surface area contributed by atoms with E-state index >= 15 is 0 Å². The quantitative estimate of drug-likeness (QED) is 0.784. The summed E-state index contributed by atoms with van der Waals surface area (Å²) in [5, 5.41) is 0. The molecule has 2 N–H and O–H groups in total. The topological polar surface area (TPSA) is 43.1 Å². The molecule has 0 bridgehead atoms. The smallest absolute Gasteiger partial charge is 0.248 e. The van der Waals surface area contributed by atoms with Gasteiger partial charge in [-0.05, 0) is 41.7 Å². The Kier molecular flexibility index (Phi) is 4.94. The number of nitrogens with two attached hydrogens (primary N) is 1. The predicted molar refractivity (Wildman–Crippen MR) is 83.6 cm³/mol. The predicted octanol–water partition coefficient (Wildman–Crippen LogP) is 4.19. The van der Waals surface area contributed by atoms with Crippen molar-refractivity contribution in [3.05, 3.63) is 59.7 Å². The van der Waals surface area contributed by atoms with Crippen molar-refractivity contribution < 1.29 is 4.79 Å². The van der Waals surface area contributed by atoms with Crippen molar-refractivity contribution in [2.45, 2.75) is 32.6 Å². The molecule has 104 valence electrons. The molecule has 0 saturated heterocycles. The molecule has 2 rings (SSSR count). The molecule has 0 fully saturated rings. The number of carbonyl (C=O) groups is 1. The zero-order chi connectivity index (χ0) is 14.4. The third-order valence-corrected chi connectivity index (χ3v) is 3.53. The van der Waals surface area contributed by atoms with Gasteiger partial charge in [-0.1, -0.05) is 56.2 Å². The Morgan fingerprint density at radius 1 is 1.05 bits per heavy atom. The molecule has 0 unspecified atom stereocenters. The fraction of sp³-hybridized carbons (Fsp3) is 0.278. The molecule has 0 aromatic heterocycles. The van der Waals surface area contributed by atoms with Crippen LogP contribution in [0.3, 0.4) is 0 Å². The molecule has 20 heavy (non-hydrogen) atoms. The van der Waals surface area contributed by atoms with Gasteiger partial charge in [0.15, 0.2) is 0 Å². The summed E-state index contributed by atoms with van der Waals surface area (Å²) in [6.45, 7) is 2.21. The van der Waals surface area contributed by atoms with Crippen molar-refractivity contribution in [1.82, 2.24) is 0 Å². The lowest BCUT2D eigenvalue weighted by atomic mass is 9.95. The molecule has 0 atom stereocenters. The van der Waals surface area contributed by atoms with E-state index in [1.54, 1.807) is 6.07 Å². The highest BCUT2D eigenvalue weighted by Crippen LogP contribution is 2.25. The Balaban J connectivity index is 2.32. The van der Waals surface area contributed by atoms with E-state index in [-0.39, 0.29) is 5.91 Å². The van der Waals surface area contributed by atoms with Crippen LogP contribution in [0.15, 0.2) is 48.5 Å². The molecule has 2 heteroatoms. The van der Waals surface area contributed by atoms with E-state index in [1.807, 2.05) is 24.3 Å². The summed E-state index contributed by atoms with van der Waals surface area (Å²) >= 11 is 0. The molecule has 1 amide bonds. The third-order valence-electron chi connectivity index (χ3n) is 3.53. The molecule has 2 aromatic rings. The zero-order valence-corrected chi connectivity index (χ0v) is 11.9. The number of hydrogen-bond acceptors (Lipinski definition) is 1. The first-order valence-electron chi connectivity index (χ1n) is 7.20. The van der Waals surface area contributed by atoms with Gasteiger partial charge >= 0.3 is 0 Å². The van der Waals surface area contributed by atoms with Crippen LogP contribution in [-0.2, 0) is 6.42 Å². The minimum absolute atomic E-state index is 0.379. The Morgan fingerprint density at radius 2 is 1.85 bits per heavy atom. The van der Waals surface area contributed by atoms with Gasteiger partial charge in [-0.3, -0.25) is 4.79 Å². The highest BCUT2D eigenvalue weighted by atomic mass is 16.1. The van der Waals surface area contributed by atoms with Crippen molar-refractivity contribution in [2.24, 2.45) is 5.73 Å². The average molecular weight is 267 g/mol. The van der Waals surface area contributed by atoms with Gasteiger partial charge in [0, 0.05) is 5.56 Å².